The number of likely N-dealkylation sites (N-methyl/N-ethyl adjacent to an activating group) is 1. The van der Waals surface area contributed by atoms with Gasteiger partial charge in [-0.15, -0.1) is 0 Å². The van der Waals surface area contributed by atoms with Crippen LogP contribution in [0, 0.1) is 0 Å². The largest absolute Gasteiger partial charge is 0.357 e. The monoisotopic (exact) mass is 308 g/mol. The van der Waals surface area contributed by atoms with Crippen LogP contribution in [-0.4, -0.2) is 84.3 Å². The van der Waals surface area contributed by atoms with E-state index in [-0.39, 0.29) is 6.29 Å². The highest BCUT2D eigenvalue weighted by atomic mass is 15.7. The number of nitrogens with one attached hydrogen (secondary N) is 1. The van der Waals surface area contributed by atoms with Crippen molar-refractivity contribution < 1.29 is 0 Å². The summed E-state index contributed by atoms with van der Waals surface area (Å²) in [6, 6.07) is 0. The van der Waals surface area contributed by atoms with Gasteiger partial charge in [-0.1, -0.05) is 13.8 Å². The molecule has 0 aromatic heterocycles. The topological polar surface area (TPSA) is 37.4 Å². The van der Waals surface area contributed by atoms with E-state index in [0.717, 1.165) is 58.2 Å². The maximum atomic E-state index is 5.08. The molecule has 0 saturated carbocycles. The van der Waals surface area contributed by atoms with Gasteiger partial charge in [0.1, 0.15) is 5.84 Å². The number of rotatable bonds is 6. The van der Waals surface area contributed by atoms with Crippen LogP contribution in [0.25, 0.3) is 0 Å². The molecule has 2 rings (SSSR count). The highest BCUT2D eigenvalue weighted by Gasteiger charge is 2.30. The molecule has 0 aromatic rings. The van der Waals surface area contributed by atoms with Crippen LogP contribution in [0.2, 0.25) is 0 Å². The Morgan fingerprint density at radius 2 is 1.73 bits per heavy atom. The van der Waals surface area contributed by atoms with Crippen LogP contribution in [0.1, 0.15) is 27.7 Å². The lowest BCUT2D eigenvalue weighted by atomic mass is 10.3. The van der Waals surface area contributed by atoms with Gasteiger partial charge in [0.2, 0.25) is 0 Å². The highest BCUT2D eigenvalue weighted by Crippen LogP contribution is 2.18. The number of piperazine rings is 1. The van der Waals surface area contributed by atoms with E-state index in [2.05, 4.69) is 65.1 Å². The van der Waals surface area contributed by atoms with E-state index in [1.165, 1.54) is 0 Å². The number of nitrogens with zero attached hydrogens (tertiary/aromatic N) is 5. The van der Waals surface area contributed by atoms with Gasteiger partial charge in [0.15, 0.2) is 6.29 Å². The molecule has 0 radical (unpaired) electrons. The van der Waals surface area contributed by atoms with E-state index in [1.807, 2.05) is 0 Å². The molecule has 22 heavy (non-hydrogen) atoms. The van der Waals surface area contributed by atoms with Crippen molar-refractivity contribution in [2.75, 3.05) is 52.4 Å². The fourth-order valence-electron chi connectivity index (χ4n) is 3.13. The van der Waals surface area contributed by atoms with Crippen molar-refractivity contribution in [2.24, 2.45) is 4.99 Å². The summed E-state index contributed by atoms with van der Waals surface area (Å²) in [5, 5.41) is 8.09. The molecule has 2 aliphatic rings. The Balaban J connectivity index is 2.22. The molecule has 1 fully saturated rings. The molecule has 6 nitrogen and oxygen atoms in total. The molecule has 0 amide bonds. The van der Waals surface area contributed by atoms with Crippen LogP contribution in [0.5, 0.6) is 0 Å². The zero-order valence-electron chi connectivity index (χ0n) is 14.6. The Kier molecular flexibility index (Phi) is 6.67. The van der Waals surface area contributed by atoms with Gasteiger partial charge in [-0.25, -0.2) is 10.0 Å². The standard InChI is InChI=1S/C16H32N6/c1-5-19(6-2)15-9-12-22(21(7-3)8-4)16(18-15)20-13-10-17-11-14-20/h9,12,16-17H,5-8,10-11,13-14H2,1-4H3. The third-order valence-corrected chi connectivity index (χ3v) is 4.48. The van der Waals surface area contributed by atoms with Gasteiger partial charge >= 0.3 is 0 Å². The molecule has 2 heterocycles. The van der Waals surface area contributed by atoms with Crippen LogP contribution < -0.4 is 5.32 Å². The molecular weight excluding hydrogens is 276 g/mol. The van der Waals surface area contributed by atoms with Crippen LogP contribution in [0.15, 0.2) is 17.3 Å². The van der Waals surface area contributed by atoms with Gasteiger partial charge in [0, 0.05) is 58.6 Å². The summed E-state index contributed by atoms with van der Waals surface area (Å²) in [5.74, 6) is 1.11. The molecule has 0 bridgehead atoms. The summed E-state index contributed by atoms with van der Waals surface area (Å²) in [6.45, 7) is 17.0. The Morgan fingerprint density at radius 1 is 1.09 bits per heavy atom. The van der Waals surface area contributed by atoms with E-state index in [9.17, 15) is 0 Å². The fourth-order valence-corrected chi connectivity index (χ4v) is 3.13. The SMILES string of the molecule is CCN(CC)C1=NC(N2CCNCC2)N(N(CC)CC)C=C1. The minimum atomic E-state index is 0.0857. The number of amidine groups is 1. The maximum absolute atomic E-state index is 5.08. The third kappa shape index (κ3) is 3.80. The zero-order chi connectivity index (χ0) is 15.9. The molecule has 2 aliphatic heterocycles. The second-order valence-electron chi connectivity index (χ2n) is 5.63. The fraction of sp³-hybridized carbons (Fsp3) is 0.812. The van der Waals surface area contributed by atoms with E-state index in [4.69, 9.17) is 4.99 Å². The Morgan fingerprint density at radius 3 is 2.27 bits per heavy atom. The Labute approximate surface area is 135 Å². The van der Waals surface area contributed by atoms with Crippen molar-refractivity contribution in [1.29, 1.82) is 0 Å². The summed E-state index contributed by atoms with van der Waals surface area (Å²) in [5.41, 5.74) is 0. The van der Waals surface area contributed by atoms with E-state index >= 15 is 0 Å². The van der Waals surface area contributed by atoms with Crippen LogP contribution in [0.4, 0.5) is 0 Å². The predicted molar refractivity (Wildman–Crippen MR) is 92.5 cm³/mol. The average Bonchev–Trinajstić information content (AvgIpc) is 2.58. The molecular formula is C16H32N6. The Bertz CT molecular complexity index is 380. The van der Waals surface area contributed by atoms with Crippen molar-refractivity contribution >= 4 is 5.84 Å². The van der Waals surface area contributed by atoms with Crippen LogP contribution in [0.3, 0.4) is 0 Å². The molecule has 0 aromatic carbocycles. The predicted octanol–water partition coefficient (Wildman–Crippen LogP) is 1.00. The molecule has 1 N–H and O–H groups in total. The van der Waals surface area contributed by atoms with Crippen molar-refractivity contribution in [3.05, 3.63) is 12.3 Å². The first-order valence-electron chi connectivity index (χ1n) is 8.73. The molecule has 0 spiro atoms. The summed E-state index contributed by atoms with van der Waals surface area (Å²) in [6.07, 6.45) is 4.45. The average molecular weight is 308 g/mol. The maximum Gasteiger partial charge on any atom is 0.194 e. The van der Waals surface area contributed by atoms with Gasteiger partial charge in [-0.05, 0) is 19.9 Å². The van der Waals surface area contributed by atoms with Crippen molar-refractivity contribution in [3.63, 3.8) is 0 Å². The molecule has 1 atom stereocenters. The van der Waals surface area contributed by atoms with Crippen molar-refractivity contribution in [2.45, 2.75) is 34.0 Å². The first kappa shape index (κ1) is 17.2. The first-order valence-corrected chi connectivity index (χ1v) is 8.73. The van der Waals surface area contributed by atoms with Crippen molar-refractivity contribution in [1.82, 2.24) is 25.1 Å². The Hall–Kier alpha value is -1.11. The van der Waals surface area contributed by atoms with Gasteiger partial charge in [-0.3, -0.25) is 9.91 Å². The third-order valence-electron chi connectivity index (χ3n) is 4.48. The highest BCUT2D eigenvalue weighted by molar-refractivity contribution is 5.93. The zero-order valence-corrected chi connectivity index (χ0v) is 14.6. The van der Waals surface area contributed by atoms with E-state index in [0.29, 0.717) is 0 Å². The van der Waals surface area contributed by atoms with Gasteiger partial charge in [-0.2, -0.15) is 0 Å². The quantitative estimate of drug-likeness (QED) is 0.792. The smallest absolute Gasteiger partial charge is 0.194 e. The summed E-state index contributed by atoms with van der Waals surface area (Å²) >= 11 is 0. The lowest BCUT2D eigenvalue weighted by Gasteiger charge is -2.45. The van der Waals surface area contributed by atoms with Gasteiger partial charge in [0.05, 0.1) is 0 Å². The normalized spacial score (nSPS) is 23.0. The molecule has 6 heteroatoms. The first-order chi connectivity index (χ1) is 10.7. The molecule has 0 aliphatic carbocycles. The summed E-state index contributed by atoms with van der Waals surface area (Å²) in [7, 11) is 0. The lowest BCUT2D eigenvalue weighted by Crippen LogP contribution is -2.58. The van der Waals surface area contributed by atoms with E-state index < -0.39 is 0 Å². The minimum absolute atomic E-state index is 0.0857. The number of hydrazine groups is 1. The van der Waals surface area contributed by atoms with E-state index in [1.54, 1.807) is 0 Å². The second kappa shape index (κ2) is 8.50. The molecule has 1 saturated heterocycles. The minimum Gasteiger partial charge on any atom is -0.357 e. The van der Waals surface area contributed by atoms with Gasteiger partial charge in [0.25, 0.3) is 0 Å². The molecule has 126 valence electrons. The van der Waals surface area contributed by atoms with Crippen molar-refractivity contribution in [3.8, 4) is 0 Å². The second-order valence-corrected chi connectivity index (χ2v) is 5.63. The lowest BCUT2D eigenvalue weighted by molar-refractivity contribution is -0.0724. The summed E-state index contributed by atoms with van der Waals surface area (Å²) < 4.78 is 0. The molecule has 1 unspecified atom stereocenters. The van der Waals surface area contributed by atoms with Crippen LogP contribution >= 0.6 is 0 Å². The number of hydrogen-bond acceptors (Lipinski definition) is 6. The van der Waals surface area contributed by atoms with Crippen LogP contribution in [-0.2, 0) is 0 Å². The number of hydrogen-bond donors (Lipinski definition) is 1. The van der Waals surface area contributed by atoms with Gasteiger partial charge < -0.3 is 10.2 Å². The summed E-state index contributed by atoms with van der Waals surface area (Å²) in [4.78, 5) is 9.88. The number of aliphatic imine (C=N–C) groups is 1.